The molecule has 0 aromatic rings. The highest BCUT2D eigenvalue weighted by Gasteiger charge is 1.92. The van der Waals surface area contributed by atoms with Crippen molar-refractivity contribution in [3.63, 3.8) is 0 Å². The molecule has 0 rings (SSSR count). The van der Waals surface area contributed by atoms with Gasteiger partial charge < -0.3 is 19.8 Å². The Hall–Kier alpha value is -1.58. The van der Waals surface area contributed by atoms with Gasteiger partial charge >= 0.3 is 0 Å². The topological polar surface area (TPSA) is 80.3 Å². The number of rotatable bonds is 3. The average molecular weight is 168 g/mol. The molecule has 4 nitrogen and oxygen atoms in total. The molecule has 0 spiro atoms. The minimum absolute atomic E-state index is 0.00694. The maximum atomic E-state index is 10.2. The van der Waals surface area contributed by atoms with Crippen molar-refractivity contribution in [1.29, 1.82) is 0 Å². The van der Waals surface area contributed by atoms with Gasteiger partial charge in [0.05, 0.1) is 11.9 Å². The van der Waals surface area contributed by atoms with Gasteiger partial charge in [-0.15, -0.1) is 0 Å². The molecule has 66 valence electrons. The summed E-state index contributed by atoms with van der Waals surface area (Å²) in [7, 11) is 0. The van der Waals surface area contributed by atoms with E-state index in [1.165, 1.54) is 13.8 Å². The van der Waals surface area contributed by atoms with Gasteiger partial charge in [-0.3, -0.25) is 0 Å². The van der Waals surface area contributed by atoms with Crippen LogP contribution < -0.4 is 10.2 Å². The summed E-state index contributed by atoms with van der Waals surface area (Å²) in [4.78, 5) is 20.1. The Morgan fingerprint density at radius 2 is 1.58 bits per heavy atom. The quantitative estimate of drug-likeness (QED) is 0.374. The Bertz CT molecular complexity index is 260. The van der Waals surface area contributed by atoms with Crippen LogP contribution in [0.3, 0.4) is 0 Å². The van der Waals surface area contributed by atoms with Gasteiger partial charge in [0.15, 0.2) is 0 Å². The molecule has 0 saturated carbocycles. The van der Waals surface area contributed by atoms with Crippen LogP contribution in [0.15, 0.2) is 23.3 Å². The van der Waals surface area contributed by atoms with Gasteiger partial charge in [0.1, 0.15) is 0 Å². The van der Waals surface area contributed by atoms with E-state index in [0.717, 1.165) is 12.2 Å². The van der Waals surface area contributed by atoms with Crippen LogP contribution in [-0.2, 0) is 9.59 Å². The van der Waals surface area contributed by atoms with Crippen LogP contribution in [0.5, 0.6) is 0 Å². The van der Waals surface area contributed by atoms with Gasteiger partial charge in [0.2, 0.25) is 0 Å². The fourth-order valence-electron chi connectivity index (χ4n) is 0.479. The molecule has 0 N–H and O–H groups in total. The number of carboxylic acids is 2. The Morgan fingerprint density at radius 3 is 1.92 bits per heavy atom. The molecule has 0 aliphatic heterocycles. The SMILES string of the molecule is CC(/C=C/C(=O)[O-])=C(/C)C(=O)[O-]. The van der Waals surface area contributed by atoms with E-state index in [0.29, 0.717) is 5.57 Å². The number of carbonyl (C=O) groups is 2. The molecule has 4 heteroatoms. The molecule has 0 amide bonds. The van der Waals surface area contributed by atoms with Crippen LogP contribution >= 0.6 is 0 Å². The van der Waals surface area contributed by atoms with Crippen LogP contribution in [0.4, 0.5) is 0 Å². The van der Waals surface area contributed by atoms with Crippen molar-refractivity contribution in [3.8, 4) is 0 Å². The lowest BCUT2D eigenvalue weighted by atomic mass is 10.1. The van der Waals surface area contributed by atoms with E-state index in [1.807, 2.05) is 0 Å². The van der Waals surface area contributed by atoms with Gasteiger partial charge in [0.25, 0.3) is 0 Å². The predicted octanol–water partition coefficient (Wildman–Crippen LogP) is -1.62. The van der Waals surface area contributed by atoms with E-state index >= 15 is 0 Å². The monoisotopic (exact) mass is 168 g/mol. The number of aliphatic carboxylic acids is 2. The minimum atomic E-state index is -1.36. The van der Waals surface area contributed by atoms with E-state index in [4.69, 9.17) is 0 Å². The van der Waals surface area contributed by atoms with Crippen LogP contribution in [0.1, 0.15) is 13.8 Å². The van der Waals surface area contributed by atoms with Crippen molar-refractivity contribution in [1.82, 2.24) is 0 Å². The summed E-state index contributed by atoms with van der Waals surface area (Å²) >= 11 is 0. The summed E-state index contributed by atoms with van der Waals surface area (Å²) < 4.78 is 0. The third kappa shape index (κ3) is 3.55. The summed E-state index contributed by atoms with van der Waals surface area (Å²) in [5, 5.41) is 20.1. The van der Waals surface area contributed by atoms with E-state index < -0.39 is 11.9 Å². The molecular formula is C8H8O4-2. The van der Waals surface area contributed by atoms with Crippen molar-refractivity contribution in [2.24, 2.45) is 0 Å². The first-order chi connectivity index (χ1) is 5.45. The van der Waals surface area contributed by atoms with Crippen molar-refractivity contribution >= 4 is 11.9 Å². The fraction of sp³-hybridized carbons (Fsp3) is 0.250. The minimum Gasteiger partial charge on any atom is -0.545 e. The zero-order valence-corrected chi connectivity index (χ0v) is 6.79. The smallest absolute Gasteiger partial charge is 0.0674 e. The molecule has 0 atom stereocenters. The summed E-state index contributed by atoms with van der Waals surface area (Å²) in [5.74, 6) is -2.67. The maximum absolute atomic E-state index is 10.2. The largest absolute Gasteiger partial charge is 0.545 e. The lowest BCUT2D eigenvalue weighted by Gasteiger charge is -2.04. The van der Waals surface area contributed by atoms with Crippen LogP contribution in [-0.4, -0.2) is 11.9 Å². The Balaban J connectivity index is 4.58. The third-order valence-electron chi connectivity index (χ3n) is 1.37. The first kappa shape index (κ1) is 10.4. The standard InChI is InChI=1S/C8H10O4/c1-5(3-4-7(9)10)6(2)8(11)12/h3-4H,1-2H3,(H,9,10)(H,11,12)/p-2/b4-3+,6-5+. The highest BCUT2D eigenvalue weighted by atomic mass is 16.4. The molecule has 0 unspecified atom stereocenters. The maximum Gasteiger partial charge on any atom is 0.0674 e. The van der Waals surface area contributed by atoms with Gasteiger partial charge in [0, 0.05) is 0 Å². The molecule has 0 aromatic heterocycles. The average Bonchev–Trinajstić information content (AvgIpc) is 1.98. The van der Waals surface area contributed by atoms with Gasteiger partial charge in [-0.2, -0.15) is 0 Å². The number of carboxylic acid groups (broad SMARTS) is 2. The Kier molecular flexibility index (Phi) is 3.76. The molecule has 0 bridgehead atoms. The number of hydrogen-bond acceptors (Lipinski definition) is 4. The number of hydrogen-bond donors (Lipinski definition) is 0. The Morgan fingerprint density at radius 1 is 1.08 bits per heavy atom. The highest BCUT2D eigenvalue weighted by molar-refractivity contribution is 5.86. The first-order valence-electron chi connectivity index (χ1n) is 3.23. The predicted molar refractivity (Wildman–Crippen MR) is 37.5 cm³/mol. The summed E-state index contributed by atoms with van der Waals surface area (Å²) in [5.41, 5.74) is 0.340. The van der Waals surface area contributed by atoms with Crippen molar-refractivity contribution in [2.45, 2.75) is 13.8 Å². The van der Waals surface area contributed by atoms with Crippen LogP contribution in [0, 0.1) is 0 Å². The lowest BCUT2D eigenvalue weighted by molar-refractivity contribution is -0.300. The summed E-state index contributed by atoms with van der Waals surface area (Å²) in [6, 6.07) is 0. The molecule has 12 heavy (non-hydrogen) atoms. The normalized spacial score (nSPS) is 12.8. The van der Waals surface area contributed by atoms with Crippen molar-refractivity contribution < 1.29 is 19.8 Å². The second-order valence-electron chi connectivity index (χ2n) is 2.25. The zero-order valence-electron chi connectivity index (χ0n) is 6.79. The van der Waals surface area contributed by atoms with Crippen molar-refractivity contribution in [3.05, 3.63) is 23.3 Å². The van der Waals surface area contributed by atoms with E-state index in [9.17, 15) is 19.8 Å². The zero-order chi connectivity index (χ0) is 9.72. The lowest BCUT2D eigenvalue weighted by Crippen LogP contribution is -2.24. The van der Waals surface area contributed by atoms with Crippen molar-refractivity contribution in [2.75, 3.05) is 0 Å². The van der Waals surface area contributed by atoms with Crippen LogP contribution in [0.25, 0.3) is 0 Å². The Labute approximate surface area is 69.8 Å². The number of carbonyl (C=O) groups excluding carboxylic acids is 2. The van der Waals surface area contributed by atoms with E-state index in [2.05, 4.69) is 0 Å². The second kappa shape index (κ2) is 4.33. The second-order valence-corrected chi connectivity index (χ2v) is 2.25. The van der Waals surface area contributed by atoms with E-state index in [-0.39, 0.29) is 5.57 Å². The fourth-order valence-corrected chi connectivity index (χ4v) is 0.479. The van der Waals surface area contributed by atoms with Crippen LogP contribution in [0.2, 0.25) is 0 Å². The van der Waals surface area contributed by atoms with Gasteiger partial charge in [-0.25, -0.2) is 0 Å². The van der Waals surface area contributed by atoms with Gasteiger partial charge in [-0.05, 0) is 31.1 Å². The first-order valence-corrected chi connectivity index (χ1v) is 3.23. The molecule has 0 aromatic carbocycles. The molecule has 0 aliphatic carbocycles. The summed E-state index contributed by atoms with van der Waals surface area (Å²) in [6.45, 7) is 2.81. The molecule has 0 aliphatic rings. The summed E-state index contributed by atoms with van der Waals surface area (Å²) in [6.07, 6.45) is 1.92. The molecule has 0 fully saturated rings. The van der Waals surface area contributed by atoms with E-state index in [1.54, 1.807) is 0 Å². The molecule has 0 heterocycles. The third-order valence-corrected chi connectivity index (χ3v) is 1.37. The molecular weight excluding hydrogens is 160 g/mol. The highest BCUT2D eigenvalue weighted by Crippen LogP contribution is 2.02. The number of allylic oxidation sites excluding steroid dienone is 2. The van der Waals surface area contributed by atoms with Gasteiger partial charge in [-0.1, -0.05) is 6.08 Å². The molecule has 0 saturated heterocycles. The molecule has 0 radical (unpaired) electrons.